The number of carbonyl (C=O) groups is 2. The highest BCUT2D eigenvalue weighted by Crippen LogP contribution is 2.36. The van der Waals surface area contributed by atoms with Gasteiger partial charge in [0.15, 0.2) is 12.9 Å². The number of fused-ring (bicyclic) bond motifs is 1. The van der Waals surface area contributed by atoms with Crippen LogP contribution in [0.3, 0.4) is 0 Å². The minimum atomic E-state index is -0.251. The van der Waals surface area contributed by atoms with E-state index in [2.05, 4.69) is 24.3 Å². The molecule has 0 radical (unpaired) electrons. The molecule has 5 rings (SSSR count). The Hall–Kier alpha value is -3.77. The van der Waals surface area contributed by atoms with Gasteiger partial charge in [0.05, 0.1) is 17.3 Å². The Kier molecular flexibility index (Phi) is 5.52. The zero-order valence-corrected chi connectivity index (χ0v) is 18.0. The lowest BCUT2D eigenvalue weighted by Crippen LogP contribution is -2.31. The van der Waals surface area contributed by atoms with Crippen LogP contribution in [0.25, 0.3) is 10.8 Å². The van der Waals surface area contributed by atoms with Gasteiger partial charge in [-0.3, -0.25) is 9.59 Å². The zero-order chi connectivity index (χ0) is 21.9. The molecule has 0 bridgehead atoms. The number of amides is 1. The molecular weight excluding hydrogens is 420 g/mol. The van der Waals surface area contributed by atoms with Crippen molar-refractivity contribution in [3.63, 3.8) is 0 Å². The molecule has 0 N–H and O–H groups in total. The van der Waals surface area contributed by atoms with E-state index in [1.165, 1.54) is 5.01 Å². The number of ether oxygens (including phenoxy) is 1. The highest BCUT2D eigenvalue weighted by Gasteiger charge is 2.34. The van der Waals surface area contributed by atoms with Gasteiger partial charge in [-0.2, -0.15) is 5.10 Å². The molecule has 1 aliphatic heterocycles. The Bertz CT molecular complexity index is 1310. The van der Waals surface area contributed by atoms with Crippen LogP contribution in [0.5, 0.6) is 5.75 Å². The van der Waals surface area contributed by atoms with Crippen LogP contribution in [-0.2, 0) is 4.79 Å². The summed E-state index contributed by atoms with van der Waals surface area (Å²) in [6, 6.07) is 25.0. The fourth-order valence-electron chi connectivity index (χ4n) is 4.00. The van der Waals surface area contributed by atoms with Gasteiger partial charge < -0.3 is 4.74 Å². The number of aldehydes is 1. The van der Waals surface area contributed by atoms with E-state index >= 15 is 0 Å². The summed E-state index contributed by atoms with van der Waals surface area (Å²) in [5, 5.41) is 10.5. The number of hydrogen-bond donors (Lipinski definition) is 0. The van der Waals surface area contributed by atoms with Gasteiger partial charge in [-0.1, -0.05) is 60.7 Å². The van der Waals surface area contributed by atoms with Gasteiger partial charge in [-0.25, -0.2) is 5.01 Å². The summed E-state index contributed by atoms with van der Waals surface area (Å²) in [6.45, 7) is -0.195. The topological polar surface area (TPSA) is 59.0 Å². The summed E-state index contributed by atoms with van der Waals surface area (Å²) in [4.78, 5) is 25.5. The second kappa shape index (κ2) is 8.77. The lowest BCUT2D eigenvalue weighted by atomic mass is 9.97. The van der Waals surface area contributed by atoms with Crippen molar-refractivity contribution in [3.05, 3.63) is 100 Å². The number of rotatable bonds is 6. The van der Waals surface area contributed by atoms with E-state index in [-0.39, 0.29) is 18.6 Å². The Balaban J connectivity index is 1.46. The number of para-hydroxylation sites is 1. The van der Waals surface area contributed by atoms with Gasteiger partial charge >= 0.3 is 0 Å². The van der Waals surface area contributed by atoms with E-state index < -0.39 is 0 Å². The third-order valence-electron chi connectivity index (χ3n) is 5.54. The Morgan fingerprint density at radius 1 is 1.03 bits per heavy atom. The minimum absolute atomic E-state index is 0.179. The Labute approximate surface area is 189 Å². The third-order valence-corrected chi connectivity index (χ3v) is 6.51. The van der Waals surface area contributed by atoms with E-state index in [0.29, 0.717) is 17.7 Å². The largest absolute Gasteiger partial charge is 0.483 e. The van der Waals surface area contributed by atoms with Crippen LogP contribution in [0.15, 0.2) is 89.3 Å². The molecule has 158 valence electrons. The maximum Gasteiger partial charge on any atom is 0.281 e. The Morgan fingerprint density at radius 2 is 1.84 bits per heavy atom. The van der Waals surface area contributed by atoms with E-state index in [1.807, 2.05) is 35.7 Å². The number of hydrazone groups is 1. The van der Waals surface area contributed by atoms with Gasteiger partial charge in [0.1, 0.15) is 5.75 Å². The quantitative estimate of drug-likeness (QED) is 0.374. The molecule has 2 heterocycles. The predicted octanol–water partition coefficient (Wildman–Crippen LogP) is 5.47. The number of benzene rings is 3. The summed E-state index contributed by atoms with van der Waals surface area (Å²) < 4.78 is 5.69. The van der Waals surface area contributed by atoms with Crippen LogP contribution in [0.2, 0.25) is 0 Å². The molecule has 6 heteroatoms. The SMILES string of the molecule is O=Cc1ccccc1OCC(=O)N1N=C(c2cccc3ccccc23)CC1c1cccs1. The van der Waals surface area contributed by atoms with Gasteiger partial charge in [0.25, 0.3) is 5.91 Å². The molecule has 1 aromatic heterocycles. The normalized spacial score (nSPS) is 15.6. The van der Waals surface area contributed by atoms with Crippen LogP contribution in [-0.4, -0.2) is 29.5 Å². The molecule has 0 aliphatic carbocycles. The minimum Gasteiger partial charge on any atom is -0.483 e. The molecule has 1 amide bonds. The number of thiophene rings is 1. The highest BCUT2D eigenvalue weighted by atomic mass is 32.1. The Morgan fingerprint density at radius 3 is 2.69 bits per heavy atom. The van der Waals surface area contributed by atoms with Crippen molar-refractivity contribution in [3.8, 4) is 5.75 Å². The summed E-state index contributed by atoms with van der Waals surface area (Å²) in [5.74, 6) is 0.139. The van der Waals surface area contributed by atoms with Crippen molar-refractivity contribution in [2.75, 3.05) is 6.61 Å². The first-order chi connectivity index (χ1) is 15.7. The molecular formula is C26H20N2O3S. The highest BCUT2D eigenvalue weighted by molar-refractivity contribution is 7.10. The molecule has 0 saturated carbocycles. The van der Waals surface area contributed by atoms with Crippen LogP contribution < -0.4 is 4.74 Å². The van der Waals surface area contributed by atoms with Gasteiger partial charge in [0.2, 0.25) is 0 Å². The van der Waals surface area contributed by atoms with Crippen LogP contribution in [0.1, 0.15) is 33.3 Å². The van der Waals surface area contributed by atoms with Crippen LogP contribution in [0.4, 0.5) is 0 Å². The average Bonchev–Trinajstić information content (AvgIpc) is 3.52. The number of hydrogen-bond acceptors (Lipinski definition) is 5. The smallest absolute Gasteiger partial charge is 0.281 e. The van der Waals surface area contributed by atoms with Gasteiger partial charge in [-0.15, -0.1) is 11.3 Å². The molecule has 1 unspecified atom stereocenters. The fourth-order valence-corrected chi connectivity index (χ4v) is 4.81. The van der Waals surface area contributed by atoms with Crippen molar-refractivity contribution < 1.29 is 14.3 Å². The van der Waals surface area contributed by atoms with Crippen molar-refractivity contribution in [2.45, 2.75) is 12.5 Å². The maximum atomic E-state index is 13.2. The van der Waals surface area contributed by atoms with E-state index in [9.17, 15) is 9.59 Å². The first kappa shape index (κ1) is 20.2. The van der Waals surface area contributed by atoms with Crippen LogP contribution >= 0.6 is 11.3 Å². The van der Waals surface area contributed by atoms with Gasteiger partial charge in [-0.05, 0) is 34.4 Å². The number of carbonyl (C=O) groups excluding carboxylic acids is 2. The predicted molar refractivity (Wildman–Crippen MR) is 126 cm³/mol. The summed E-state index contributed by atoms with van der Waals surface area (Å²) >= 11 is 1.61. The third kappa shape index (κ3) is 3.81. The summed E-state index contributed by atoms with van der Waals surface area (Å²) in [7, 11) is 0. The molecule has 32 heavy (non-hydrogen) atoms. The summed E-state index contributed by atoms with van der Waals surface area (Å²) in [6.07, 6.45) is 1.35. The molecule has 3 aromatic carbocycles. The first-order valence-corrected chi connectivity index (χ1v) is 11.2. The fraction of sp³-hybridized carbons (Fsp3) is 0.115. The standard InChI is InChI=1S/C26H20N2O3S/c29-16-19-8-2-4-12-24(19)31-17-26(30)28-23(25-13-6-14-32-25)15-22(27-28)21-11-5-9-18-7-1-3-10-20(18)21/h1-14,16,23H,15,17H2. The molecule has 1 aliphatic rings. The van der Waals surface area contributed by atoms with Crippen molar-refractivity contribution in [1.82, 2.24) is 5.01 Å². The average molecular weight is 441 g/mol. The lowest BCUT2D eigenvalue weighted by Gasteiger charge is -2.21. The van der Waals surface area contributed by atoms with Crippen molar-refractivity contribution in [2.24, 2.45) is 5.10 Å². The zero-order valence-electron chi connectivity index (χ0n) is 17.2. The molecule has 0 spiro atoms. The van der Waals surface area contributed by atoms with E-state index in [0.717, 1.165) is 33.2 Å². The van der Waals surface area contributed by atoms with Crippen molar-refractivity contribution in [1.29, 1.82) is 0 Å². The monoisotopic (exact) mass is 440 g/mol. The molecule has 0 fully saturated rings. The molecule has 0 saturated heterocycles. The van der Waals surface area contributed by atoms with Crippen molar-refractivity contribution >= 4 is 40.0 Å². The second-order valence-corrected chi connectivity index (χ2v) is 8.47. The maximum absolute atomic E-state index is 13.2. The molecule has 1 atom stereocenters. The summed E-state index contributed by atoms with van der Waals surface area (Å²) in [5.41, 5.74) is 2.32. The molecule has 4 aromatic rings. The van der Waals surface area contributed by atoms with E-state index in [4.69, 9.17) is 9.84 Å². The van der Waals surface area contributed by atoms with Crippen LogP contribution in [0, 0.1) is 0 Å². The van der Waals surface area contributed by atoms with E-state index in [1.54, 1.807) is 35.6 Å². The van der Waals surface area contributed by atoms with Gasteiger partial charge in [0, 0.05) is 16.9 Å². The first-order valence-electron chi connectivity index (χ1n) is 10.3. The number of nitrogens with zero attached hydrogens (tertiary/aromatic N) is 2. The lowest BCUT2D eigenvalue weighted by molar-refractivity contribution is -0.135. The second-order valence-electron chi connectivity index (χ2n) is 7.49. The molecule has 5 nitrogen and oxygen atoms in total.